The number of rotatable bonds is 6. The quantitative estimate of drug-likeness (QED) is 0.172. The van der Waals surface area contributed by atoms with Crippen molar-refractivity contribution in [3.05, 3.63) is 194 Å². The summed E-state index contributed by atoms with van der Waals surface area (Å²) in [7, 11) is 0. The van der Waals surface area contributed by atoms with Gasteiger partial charge < -0.3 is 0 Å². The van der Waals surface area contributed by atoms with E-state index in [4.69, 9.17) is 15.0 Å². The van der Waals surface area contributed by atoms with Gasteiger partial charge in [-0.1, -0.05) is 176 Å². The summed E-state index contributed by atoms with van der Waals surface area (Å²) in [6.45, 7) is 0. The molecular formula is C53H35N3. The van der Waals surface area contributed by atoms with Crippen molar-refractivity contribution in [3.8, 4) is 78.4 Å². The maximum Gasteiger partial charge on any atom is 0.164 e. The SMILES string of the molecule is C1=CC(c2nc(-c3ccccc3)nc(-c3ccc(-c4cccc5ccc(-c6cccc(-c7ccc8c9c(cccc79)-c7ccccc7-8)c6)cc45)cc3)n2)=CCC1. The number of aromatic nitrogens is 3. The summed E-state index contributed by atoms with van der Waals surface area (Å²) in [6, 6.07) is 61.3. The van der Waals surface area contributed by atoms with E-state index in [1.807, 2.05) is 18.2 Å². The van der Waals surface area contributed by atoms with Crippen LogP contribution < -0.4 is 0 Å². The largest absolute Gasteiger partial charge is 0.208 e. The average Bonchev–Trinajstić information content (AvgIpc) is 3.61. The van der Waals surface area contributed by atoms with Crippen molar-refractivity contribution in [1.29, 1.82) is 0 Å². The molecule has 11 rings (SSSR count). The minimum atomic E-state index is 0.671. The van der Waals surface area contributed by atoms with Gasteiger partial charge in [0.2, 0.25) is 0 Å². The first-order valence-electron chi connectivity index (χ1n) is 19.3. The highest BCUT2D eigenvalue weighted by Gasteiger charge is 2.22. The molecule has 0 spiro atoms. The first kappa shape index (κ1) is 32.2. The van der Waals surface area contributed by atoms with Crippen LogP contribution in [0.25, 0.3) is 106 Å². The zero-order valence-corrected chi connectivity index (χ0v) is 30.7. The summed E-state index contributed by atoms with van der Waals surface area (Å²) in [6.07, 6.45) is 8.56. The minimum Gasteiger partial charge on any atom is -0.208 e. The number of benzene rings is 8. The Bertz CT molecular complexity index is 3030. The van der Waals surface area contributed by atoms with E-state index in [9.17, 15) is 0 Å². The summed E-state index contributed by atoms with van der Waals surface area (Å²) in [5, 5.41) is 5.08. The molecule has 3 nitrogen and oxygen atoms in total. The number of hydrogen-bond acceptors (Lipinski definition) is 3. The van der Waals surface area contributed by atoms with Crippen LogP contribution in [0.4, 0.5) is 0 Å². The van der Waals surface area contributed by atoms with E-state index in [1.54, 1.807) is 0 Å². The molecule has 0 amide bonds. The predicted octanol–water partition coefficient (Wildman–Crippen LogP) is 13.9. The lowest BCUT2D eigenvalue weighted by Gasteiger charge is -2.13. The van der Waals surface area contributed by atoms with Crippen LogP contribution in [0.3, 0.4) is 0 Å². The highest BCUT2D eigenvalue weighted by molar-refractivity contribution is 6.18. The predicted molar refractivity (Wildman–Crippen MR) is 233 cm³/mol. The monoisotopic (exact) mass is 713 g/mol. The zero-order valence-electron chi connectivity index (χ0n) is 30.7. The van der Waals surface area contributed by atoms with Gasteiger partial charge in [0.1, 0.15) is 0 Å². The van der Waals surface area contributed by atoms with E-state index < -0.39 is 0 Å². The summed E-state index contributed by atoms with van der Waals surface area (Å²) in [5.74, 6) is 2.06. The summed E-state index contributed by atoms with van der Waals surface area (Å²) < 4.78 is 0. The number of hydrogen-bond donors (Lipinski definition) is 0. The Labute approximate surface area is 326 Å². The molecule has 9 aromatic rings. The fourth-order valence-corrected chi connectivity index (χ4v) is 8.56. The Morgan fingerprint density at radius 2 is 0.911 bits per heavy atom. The second-order valence-corrected chi connectivity index (χ2v) is 14.6. The molecule has 0 bridgehead atoms. The van der Waals surface area contributed by atoms with Gasteiger partial charge in [-0.05, 0) is 102 Å². The first-order chi connectivity index (χ1) is 27.7. The summed E-state index contributed by atoms with van der Waals surface area (Å²) in [4.78, 5) is 14.8. The molecule has 0 radical (unpaired) electrons. The molecule has 0 N–H and O–H groups in total. The highest BCUT2D eigenvalue weighted by atomic mass is 15.0. The third-order valence-corrected chi connectivity index (χ3v) is 11.3. The van der Waals surface area contributed by atoms with Gasteiger partial charge in [-0.15, -0.1) is 0 Å². The van der Waals surface area contributed by atoms with Crippen molar-refractivity contribution in [3.63, 3.8) is 0 Å². The lowest BCUT2D eigenvalue weighted by Crippen LogP contribution is -2.03. The highest BCUT2D eigenvalue weighted by Crippen LogP contribution is 2.49. The number of nitrogens with zero attached hydrogens (tertiary/aromatic N) is 3. The van der Waals surface area contributed by atoms with Gasteiger partial charge in [-0.25, -0.2) is 15.0 Å². The zero-order chi connectivity index (χ0) is 37.0. The third-order valence-electron chi connectivity index (χ3n) is 11.3. The molecule has 0 saturated heterocycles. The van der Waals surface area contributed by atoms with Crippen LogP contribution in [0.5, 0.6) is 0 Å². The van der Waals surface area contributed by atoms with Gasteiger partial charge in [0.05, 0.1) is 0 Å². The lowest BCUT2D eigenvalue weighted by atomic mass is 9.91. The van der Waals surface area contributed by atoms with Crippen LogP contribution in [0, 0.1) is 0 Å². The molecule has 2 aliphatic rings. The van der Waals surface area contributed by atoms with E-state index in [1.165, 1.54) is 71.6 Å². The Morgan fingerprint density at radius 3 is 1.71 bits per heavy atom. The molecule has 1 heterocycles. The Hall–Kier alpha value is -7.23. The fraction of sp³-hybridized carbons (Fsp3) is 0.0377. The van der Waals surface area contributed by atoms with E-state index in [0.29, 0.717) is 17.5 Å². The molecule has 1 aromatic heterocycles. The van der Waals surface area contributed by atoms with Crippen LogP contribution >= 0.6 is 0 Å². The van der Waals surface area contributed by atoms with Gasteiger partial charge >= 0.3 is 0 Å². The Balaban J connectivity index is 0.955. The first-order valence-corrected chi connectivity index (χ1v) is 19.3. The van der Waals surface area contributed by atoms with Crippen molar-refractivity contribution in [2.24, 2.45) is 0 Å². The molecule has 3 heteroatoms. The smallest absolute Gasteiger partial charge is 0.164 e. The molecule has 0 fully saturated rings. The molecule has 8 aromatic carbocycles. The standard InChI is InChI=1S/C53H35N3/c1-3-12-36(13-4-1)51-54-52(37-14-5-2-6-15-37)56-53(55-51)38-27-24-35(25-28-38)42-21-10-16-34-26-29-40(33-49(34)42)39-17-9-18-41(32-39)43-30-31-48-45-20-8-7-19-44(45)47-23-11-22-46(43)50(47)48/h1,3-5,7-33H,2,6H2. The third kappa shape index (κ3) is 5.48. The Morgan fingerprint density at radius 1 is 0.339 bits per heavy atom. The molecule has 0 atom stereocenters. The van der Waals surface area contributed by atoms with Gasteiger partial charge in [0.25, 0.3) is 0 Å². The molecule has 2 aliphatic carbocycles. The van der Waals surface area contributed by atoms with Crippen molar-refractivity contribution >= 4 is 27.1 Å². The van der Waals surface area contributed by atoms with E-state index >= 15 is 0 Å². The minimum absolute atomic E-state index is 0.671. The second-order valence-electron chi connectivity index (χ2n) is 14.6. The van der Waals surface area contributed by atoms with Crippen molar-refractivity contribution in [2.75, 3.05) is 0 Å². The van der Waals surface area contributed by atoms with Crippen LogP contribution in [0.2, 0.25) is 0 Å². The van der Waals surface area contributed by atoms with E-state index in [2.05, 4.69) is 170 Å². The van der Waals surface area contributed by atoms with Crippen LogP contribution in [0.1, 0.15) is 18.7 Å². The van der Waals surface area contributed by atoms with Crippen LogP contribution in [-0.2, 0) is 0 Å². The maximum absolute atomic E-state index is 4.98. The van der Waals surface area contributed by atoms with Crippen LogP contribution in [0.15, 0.2) is 188 Å². The molecule has 0 aliphatic heterocycles. The van der Waals surface area contributed by atoms with Crippen molar-refractivity contribution in [1.82, 2.24) is 15.0 Å². The van der Waals surface area contributed by atoms with E-state index in [-0.39, 0.29) is 0 Å². The van der Waals surface area contributed by atoms with Gasteiger partial charge in [-0.2, -0.15) is 0 Å². The maximum atomic E-state index is 4.98. The van der Waals surface area contributed by atoms with Crippen molar-refractivity contribution in [2.45, 2.75) is 12.8 Å². The molecule has 0 unspecified atom stereocenters. The van der Waals surface area contributed by atoms with Crippen LogP contribution in [-0.4, -0.2) is 15.0 Å². The molecular weight excluding hydrogens is 679 g/mol. The number of allylic oxidation sites excluding steroid dienone is 4. The topological polar surface area (TPSA) is 38.7 Å². The molecule has 262 valence electrons. The Kier molecular flexibility index (Phi) is 7.63. The van der Waals surface area contributed by atoms with E-state index in [0.717, 1.165) is 35.1 Å². The second kappa shape index (κ2) is 13.3. The van der Waals surface area contributed by atoms with Gasteiger partial charge in [-0.3, -0.25) is 0 Å². The molecule has 0 saturated carbocycles. The normalized spacial score (nSPS) is 12.9. The molecule has 56 heavy (non-hydrogen) atoms. The van der Waals surface area contributed by atoms with Gasteiger partial charge in [0, 0.05) is 16.7 Å². The summed E-state index contributed by atoms with van der Waals surface area (Å²) in [5.41, 5.74) is 15.5. The van der Waals surface area contributed by atoms with Crippen molar-refractivity contribution < 1.29 is 0 Å². The lowest BCUT2D eigenvalue weighted by molar-refractivity contribution is 1.01. The average molecular weight is 714 g/mol. The number of fused-ring (bicyclic) bond motifs is 4. The van der Waals surface area contributed by atoms with Gasteiger partial charge in [0.15, 0.2) is 17.5 Å². The fourth-order valence-electron chi connectivity index (χ4n) is 8.56. The summed E-state index contributed by atoms with van der Waals surface area (Å²) >= 11 is 0.